The highest BCUT2D eigenvalue weighted by molar-refractivity contribution is 6.03. The Morgan fingerprint density at radius 1 is 1.13 bits per heavy atom. The summed E-state index contributed by atoms with van der Waals surface area (Å²) in [6, 6.07) is 11.2. The van der Waals surface area contributed by atoms with Crippen molar-refractivity contribution < 1.29 is 18.7 Å². The van der Waals surface area contributed by atoms with Gasteiger partial charge in [0.15, 0.2) is 17.4 Å². The lowest BCUT2D eigenvalue weighted by Gasteiger charge is -2.12. The van der Waals surface area contributed by atoms with Crippen LogP contribution in [0, 0.1) is 12.7 Å². The highest BCUT2D eigenvalue weighted by Crippen LogP contribution is 2.42. The number of methoxy groups -OCH3 is 1. The molecule has 0 aliphatic rings. The first kappa shape index (κ1) is 25.3. The minimum Gasteiger partial charge on any atom is -0.496 e. The number of nitrogens with two attached hydrogens (primary N) is 1. The number of aryl methyl sites for hydroxylation is 1. The highest BCUT2D eigenvalue weighted by atomic mass is 19.1. The maximum absolute atomic E-state index is 15.3. The van der Waals surface area contributed by atoms with Crippen molar-refractivity contribution >= 4 is 22.9 Å². The van der Waals surface area contributed by atoms with Gasteiger partial charge in [-0.2, -0.15) is 0 Å². The molecule has 0 saturated carbocycles. The van der Waals surface area contributed by atoms with Gasteiger partial charge in [0, 0.05) is 40.3 Å². The first-order chi connectivity index (χ1) is 18.7. The van der Waals surface area contributed by atoms with Crippen molar-refractivity contribution in [1.82, 2.24) is 29.8 Å². The van der Waals surface area contributed by atoms with Crippen LogP contribution in [0.1, 0.15) is 12.6 Å². The molecule has 0 bridgehead atoms. The van der Waals surface area contributed by atoms with Crippen LogP contribution in [0.2, 0.25) is 0 Å². The van der Waals surface area contributed by atoms with Crippen LogP contribution in [0.4, 0.5) is 15.9 Å². The van der Waals surface area contributed by atoms with Gasteiger partial charge in [0.05, 0.1) is 7.11 Å². The molecular weight excluding hydrogens is 503 g/mol. The second-order valence-electron chi connectivity index (χ2n) is 8.58. The molecule has 196 valence electrons. The molecule has 0 fully saturated rings. The molecule has 3 heterocycles. The molecule has 5 rings (SSSR count). The fourth-order valence-corrected chi connectivity index (χ4v) is 3.90. The number of hydrogen-bond donors (Lipinski definition) is 2. The van der Waals surface area contributed by atoms with E-state index < -0.39 is 5.82 Å². The predicted molar refractivity (Wildman–Crippen MR) is 143 cm³/mol. The fourth-order valence-electron chi connectivity index (χ4n) is 3.90. The third-order valence-corrected chi connectivity index (χ3v) is 5.77. The molecule has 0 aliphatic carbocycles. The number of rotatable bonds is 7. The molecule has 3 aromatic heterocycles. The van der Waals surface area contributed by atoms with Crippen LogP contribution in [0.5, 0.6) is 17.5 Å². The van der Waals surface area contributed by atoms with E-state index in [1.807, 2.05) is 0 Å². The van der Waals surface area contributed by atoms with Crippen molar-refractivity contribution in [3.8, 4) is 39.9 Å². The predicted octanol–water partition coefficient (Wildman–Crippen LogP) is 4.59. The van der Waals surface area contributed by atoms with Crippen molar-refractivity contribution in [3.05, 3.63) is 78.7 Å². The van der Waals surface area contributed by atoms with E-state index in [0.717, 1.165) is 0 Å². The molecule has 11 nitrogen and oxygen atoms in total. The quantitative estimate of drug-likeness (QED) is 0.291. The SMILES string of the molecule is C=C(C)C(=O)Nc1ccc(-c2nn3ncnc(N)c3c2-c2ccc(Oc3nccc(C)n3)c(F)c2)c(OC)c1. The monoisotopic (exact) mass is 526 g/mol. The van der Waals surface area contributed by atoms with E-state index in [0.29, 0.717) is 50.6 Å². The van der Waals surface area contributed by atoms with Crippen molar-refractivity contribution in [2.45, 2.75) is 13.8 Å². The van der Waals surface area contributed by atoms with Gasteiger partial charge in [-0.05, 0) is 49.7 Å². The van der Waals surface area contributed by atoms with Gasteiger partial charge in [-0.25, -0.2) is 19.3 Å². The molecule has 0 unspecified atom stereocenters. The van der Waals surface area contributed by atoms with Crippen molar-refractivity contribution in [3.63, 3.8) is 0 Å². The summed E-state index contributed by atoms with van der Waals surface area (Å²) in [4.78, 5) is 24.4. The third-order valence-electron chi connectivity index (χ3n) is 5.77. The summed E-state index contributed by atoms with van der Waals surface area (Å²) in [5, 5.41) is 11.5. The zero-order valence-electron chi connectivity index (χ0n) is 21.3. The van der Waals surface area contributed by atoms with Gasteiger partial charge in [0.1, 0.15) is 23.3 Å². The Hall–Kier alpha value is -5.39. The number of benzene rings is 2. The number of nitrogens with zero attached hydrogens (tertiary/aromatic N) is 6. The second kappa shape index (κ2) is 10.2. The summed E-state index contributed by atoms with van der Waals surface area (Å²) in [7, 11) is 1.49. The number of aromatic nitrogens is 6. The summed E-state index contributed by atoms with van der Waals surface area (Å²) >= 11 is 0. The third kappa shape index (κ3) is 4.94. The molecule has 3 N–H and O–H groups in total. The zero-order chi connectivity index (χ0) is 27.7. The molecule has 0 radical (unpaired) electrons. The summed E-state index contributed by atoms with van der Waals surface area (Å²) in [5.74, 6) is -0.472. The van der Waals surface area contributed by atoms with E-state index >= 15 is 4.39 Å². The molecule has 0 atom stereocenters. The molecule has 39 heavy (non-hydrogen) atoms. The fraction of sp³-hybridized carbons (Fsp3) is 0.111. The van der Waals surface area contributed by atoms with Gasteiger partial charge in [-0.3, -0.25) is 4.79 Å². The van der Waals surface area contributed by atoms with Crippen LogP contribution in [-0.4, -0.2) is 42.8 Å². The normalized spacial score (nSPS) is 10.9. The Morgan fingerprint density at radius 3 is 2.67 bits per heavy atom. The van der Waals surface area contributed by atoms with Crippen molar-refractivity contribution in [2.24, 2.45) is 0 Å². The molecule has 0 aliphatic heterocycles. The highest BCUT2D eigenvalue weighted by Gasteiger charge is 2.24. The summed E-state index contributed by atoms with van der Waals surface area (Å²) in [6.07, 6.45) is 2.80. The maximum Gasteiger partial charge on any atom is 0.322 e. The summed E-state index contributed by atoms with van der Waals surface area (Å²) in [6.45, 7) is 7.04. The second-order valence-corrected chi connectivity index (χ2v) is 8.58. The van der Waals surface area contributed by atoms with Crippen LogP contribution in [0.3, 0.4) is 0 Å². The minimum absolute atomic E-state index is 0.0273. The van der Waals surface area contributed by atoms with E-state index in [2.05, 4.69) is 37.0 Å². The van der Waals surface area contributed by atoms with Gasteiger partial charge in [0.2, 0.25) is 0 Å². The molecule has 5 aromatic rings. The Labute approximate surface area is 222 Å². The van der Waals surface area contributed by atoms with Crippen LogP contribution in [-0.2, 0) is 4.79 Å². The number of nitrogens with one attached hydrogen (secondary N) is 1. The standard InChI is InChI=1S/C27H23FN8O3/c1-14(2)26(37)34-17-6-7-18(21(12-17)38-4)23-22(24-25(29)31-13-32-36(24)35-23)16-5-8-20(19(28)11-16)39-27-30-10-9-15(3)33-27/h5-13H,1H2,2-4H3,(H,34,37)(H2,29,31,32). The summed E-state index contributed by atoms with van der Waals surface area (Å²) < 4.78 is 27.8. The molecule has 1 amide bonds. The van der Waals surface area contributed by atoms with Gasteiger partial charge < -0.3 is 20.5 Å². The summed E-state index contributed by atoms with van der Waals surface area (Å²) in [5.41, 5.74) is 10.0. The smallest absolute Gasteiger partial charge is 0.322 e. The molecule has 12 heteroatoms. The number of carbonyl (C=O) groups excluding carboxylic acids is 1. The molecule has 0 saturated heterocycles. The number of fused-ring (bicyclic) bond motifs is 1. The van der Waals surface area contributed by atoms with Crippen LogP contribution < -0.4 is 20.5 Å². The number of anilines is 2. The maximum atomic E-state index is 15.3. The van der Waals surface area contributed by atoms with E-state index in [4.69, 9.17) is 15.2 Å². The van der Waals surface area contributed by atoms with E-state index in [1.54, 1.807) is 44.2 Å². The minimum atomic E-state index is -0.650. The number of halogens is 1. The van der Waals surface area contributed by atoms with E-state index in [-0.39, 0.29) is 23.5 Å². The largest absolute Gasteiger partial charge is 0.496 e. The molecule has 2 aromatic carbocycles. The average molecular weight is 527 g/mol. The molecule has 0 spiro atoms. The van der Waals surface area contributed by atoms with Crippen LogP contribution in [0.15, 0.2) is 67.1 Å². The number of amides is 1. The Balaban J connectivity index is 1.63. The van der Waals surface area contributed by atoms with Crippen molar-refractivity contribution in [1.29, 1.82) is 0 Å². The number of nitrogen functional groups attached to an aromatic ring is 1. The Kier molecular flexibility index (Phi) is 6.59. The molecular formula is C27H23FN8O3. The van der Waals surface area contributed by atoms with Gasteiger partial charge in [-0.15, -0.1) is 14.8 Å². The lowest BCUT2D eigenvalue weighted by molar-refractivity contribution is -0.112. The van der Waals surface area contributed by atoms with E-state index in [1.165, 1.54) is 36.4 Å². The topological polar surface area (TPSA) is 142 Å². The number of carbonyl (C=O) groups is 1. The van der Waals surface area contributed by atoms with Crippen LogP contribution >= 0.6 is 0 Å². The van der Waals surface area contributed by atoms with Gasteiger partial charge in [-0.1, -0.05) is 12.6 Å². The zero-order valence-corrected chi connectivity index (χ0v) is 21.3. The Bertz CT molecular complexity index is 1750. The van der Waals surface area contributed by atoms with Gasteiger partial charge >= 0.3 is 6.01 Å². The average Bonchev–Trinajstić information content (AvgIpc) is 3.30. The van der Waals surface area contributed by atoms with Crippen LogP contribution in [0.25, 0.3) is 27.9 Å². The Morgan fingerprint density at radius 2 is 1.95 bits per heavy atom. The van der Waals surface area contributed by atoms with Gasteiger partial charge in [0.25, 0.3) is 5.91 Å². The number of hydrogen-bond acceptors (Lipinski definition) is 9. The van der Waals surface area contributed by atoms with E-state index in [9.17, 15) is 4.79 Å². The first-order valence-electron chi connectivity index (χ1n) is 11.7. The first-order valence-corrected chi connectivity index (χ1v) is 11.7. The number of ether oxygens (including phenoxy) is 2. The lowest BCUT2D eigenvalue weighted by Crippen LogP contribution is -2.11. The lowest BCUT2D eigenvalue weighted by atomic mass is 9.98. The van der Waals surface area contributed by atoms with Crippen molar-refractivity contribution in [2.75, 3.05) is 18.2 Å².